The Hall–Kier alpha value is -2.67. The number of Topliss-reactive ketones (excluding diaryl/α,β-unsaturated/α-hetero) is 1. The molecule has 33 heavy (non-hydrogen) atoms. The molecule has 2 unspecified atom stereocenters. The summed E-state index contributed by atoms with van der Waals surface area (Å²) in [5, 5.41) is 29.0. The summed E-state index contributed by atoms with van der Waals surface area (Å²) < 4.78 is 22.6. The molecule has 1 aliphatic heterocycles. The van der Waals surface area contributed by atoms with Crippen molar-refractivity contribution in [2.75, 3.05) is 13.2 Å². The smallest absolute Gasteiger partial charge is 0.303 e. The van der Waals surface area contributed by atoms with Gasteiger partial charge in [0.15, 0.2) is 17.7 Å². The number of aliphatic hydroxyl groups is 2. The molecular formula is C21H31N3O9. The summed E-state index contributed by atoms with van der Waals surface area (Å²) in [7, 11) is 0. The van der Waals surface area contributed by atoms with E-state index in [0.717, 1.165) is 0 Å². The van der Waals surface area contributed by atoms with Gasteiger partial charge in [0.1, 0.15) is 30.1 Å². The molecule has 0 radical (unpaired) electrons. The highest BCUT2D eigenvalue weighted by Crippen LogP contribution is 2.23. The van der Waals surface area contributed by atoms with Crippen LogP contribution in [0, 0.1) is 0 Å². The lowest BCUT2D eigenvalue weighted by atomic mass is 9.99. The molecule has 0 aliphatic carbocycles. The quantitative estimate of drug-likeness (QED) is 0.332. The van der Waals surface area contributed by atoms with Gasteiger partial charge in [-0.25, -0.2) is 4.68 Å². The number of carbonyl (C=O) groups is 3. The van der Waals surface area contributed by atoms with Crippen molar-refractivity contribution in [1.29, 1.82) is 0 Å². The third-order valence-corrected chi connectivity index (χ3v) is 5.23. The highest BCUT2D eigenvalue weighted by Gasteiger charge is 2.38. The van der Waals surface area contributed by atoms with Crippen molar-refractivity contribution < 1.29 is 43.5 Å². The topological polar surface area (TPSA) is 159 Å². The van der Waals surface area contributed by atoms with Crippen LogP contribution in [-0.2, 0) is 45.5 Å². The molecular weight excluding hydrogens is 438 g/mol. The largest absolute Gasteiger partial charge is 0.463 e. The van der Waals surface area contributed by atoms with Crippen LogP contribution in [0.1, 0.15) is 46.7 Å². The minimum absolute atomic E-state index is 0.187. The molecule has 12 heteroatoms. The number of carbonyl (C=O) groups excluding carboxylic acids is 3. The predicted octanol–water partition coefficient (Wildman–Crippen LogP) is 0.00820. The zero-order valence-electron chi connectivity index (χ0n) is 19.4. The second-order valence-electron chi connectivity index (χ2n) is 8.13. The van der Waals surface area contributed by atoms with E-state index in [2.05, 4.69) is 10.3 Å². The normalized spacial score (nSPS) is 23.9. The van der Waals surface area contributed by atoms with Crippen molar-refractivity contribution in [3.63, 3.8) is 0 Å². The highest BCUT2D eigenvalue weighted by molar-refractivity contribution is 5.84. The van der Waals surface area contributed by atoms with Gasteiger partial charge in [-0.1, -0.05) is 12.1 Å². The van der Waals surface area contributed by atoms with E-state index in [9.17, 15) is 24.6 Å². The number of nitrogens with zero attached hydrogens (tertiary/aromatic N) is 3. The Balaban J connectivity index is 2.08. The van der Waals surface area contributed by atoms with E-state index < -0.39 is 54.0 Å². The Bertz CT molecular complexity index is 882. The van der Waals surface area contributed by atoms with Crippen molar-refractivity contribution in [2.24, 2.45) is 0 Å². The molecule has 0 spiro atoms. The van der Waals surface area contributed by atoms with E-state index in [4.69, 9.17) is 18.9 Å². The highest BCUT2D eigenvalue weighted by atomic mass is 16.7. The van der Waals surface area contributed by atoms with Crippen LogP contribution in [0.25, 0.3) is 0 Å². The van der Waals surface area contributed by atoms with Gasteiger partial charge < -0.3 is 29.2 Å². The van der Waals surface area contributed by atoms with Crippen molar-refractivity contribution in [2.45, 2.75) is 77.3 Å². The van der Waals surface area contributed by atoms with Gasteiger partial charge in [0.25, 0.3) is 0 Å². The number of ether oxygens (including phenoxy) is 4. The Kier molecular flexibility index (Phi) is 8.83. The molecule has 0 aromatic carbocycles. The Labute approximate surface area is 191 Å². The van der Waals surface area contributed by atoms with Crippen LogP contribution in [0.5, 0.6) is 0 Å². The number of esters is 2. The van der Waals surface area contributed by atoms with Crippen molar-refractivity contribution in [3.8, 4) is 0 Å². The molecule has 0 saturated carbocycles. The number of rotatable bonds is 11. The zero-order chi connectivity index (χ0) is 24.8. The third kappa shape index (κ3) is 7.42. The van der Waals surface area contributed by atoms with E-state index in [1.54, 1.807) is 13.8 Å². The first kappa shape index (κ1) is 26.6. The molecule has 2 rings (SSSR count). The third-order valence-electron chi connectivity index (χ3n) is 5.23. The second-order valence-corrected chi connectivity index (χ2v) is 8.13. The maximum absolute atomic E-state index is 12.2. The lowest BCUT2D eigenvalue weighted by Gasteiger charge is -2.33. The van der Waals surface area contributed by atoms with E-state index in [-0.39, 0.29) is 13.2 Å². The van der Waals surface area contributed by atoms with Gasteiger partial charge in [-0.2, -0.15) is 0 Å². The summed E-state index contributed by atoms with van der Waals surface area (Å²) in [6, 6.07) is 0. The van der Waals surface area contributed by atoms with Crippen LogP contribution in [0.4, 0.5) is 0 Å². The standard InChI is InChI=1S/C21H31N3O9/c1-6-20(5,28)18-9-24(23-22-18)11-21(29,13(2)25)12-31-19-8-7-16(32-15(4)27)17(33-19)10-30-14(3)26/h7-9,16-17,19,28-29H,6,10-12H2,1-5H3/t16-,17+,19-,20?,21?/m0/s1. The van der Waals surface area contributed by atoms with E-state index >= 15 is 0 Å². The molecule has 0 amide bonds. The first-order valence-corrected chi connectivity index (χ1v) is 10.5. The van der Waals surface area contributed by atoms with Crippen LogP contribution < -0.4 is 0 Å². The fraction of sp³-hybridized carbons (Fsp3) is 0.667. The fourth-order valence-electron chi connectivity index (χ4n) is 2.90. The van der Waals surface area contributed by atoms with Crippen molar-refractivity contribution in [1.82, 2.24) is 15.0 Å². The molecule has 5 atom stereocenters. The average molecular weight is 469 g/mol. The summed E-state index contributed by atoms with van der Waals surface area (Å²) in [6.07, 6.45) is 2.20. The monoisotopic (exact) mass is 469 g/mol. The van der Waals surface area contributed by atoms with Crippen molar-refractivity contribution in [3.05, 3.63) is 24.0 Å². The zero-order valence-corrected chi connectivity index (χ0v) is 19.4. The minimum atomic E-state index is -1.96. The van der Waals surface area contributed by atoms with Crippen LogP contribution in [0.3, 0.4) is 0 Å². The van der Waals surface area contributed by atoms with Gasteiger partial charge in [-0.05, 0) is 32.4 Å². The van der Waals surface area contributed by atoms with Crippen LogP contribution in [0.2, 0.25) is 0 Å². The predicted molar refractivity (Wildman–Crippen MR) is 111 cm³/mol. The maximum Gasteiger partial charge on any atom is 0.303 e. The van der Waals surface area contributed by atoms with Gasteiger partial charge in [0.2, 0.25) is 0 Å². The first-order chi connectivity index (χ1) is 15.4. The molecule has 0 bridgehead atoms. The Morgan fingerprint density at radius 1 is 1.18 bits per heavy atom. The molecule has 1 aromatic rings. The first-order valence-electron chi connectivity index (χ1n) is 10.5. The Morgan fingerprint density at radius 2 is 1.88 bits per heavy atom. The summed E-state index contributed by atoms with van der Waals surface area (Å²) >= 11 is 0. The lowest BCUT2D eigenvalue weighted by Crippen LogP contribution is -2.48. The Morgan fingerprint density at radius 3 is 2.45 bits per heavy atom. The molecule has 2 heterocycles. The summed E-state index contributed by atoms with van der Waals surface area (Å²) in [5.74, 6) is -1.65. The lowest BCUT2D eigenvalue weighted by molar-refractivity contribution is -0.211. The fourth-order valence-corrected chi connectivity index (χ4v) is 2.90. The molecule has 2 N–H and O–H groups in total. The van der Waals surface area contributed by atoms with Gasteiger partial charge in [-0.3, -0.25) is 14.4 Å². The number of hydrogen-bond acceptors (Lipinski definition) is 11. The van der Waals surface area contributed by atoms with Gasteiger partial charge in [-0.15, -0.1) is 5.10 Å². The average Bonchev–Trinajstić information content (AvgIpc) is 3.20. The van der Waals surface area contributed by atoms with E-state index in [0.29, 0.717) is 12.1 Å². The van der Waals surface area contributed by atoms with E-state index in [1.165, 1.54) is 43.8 Å². The maximum atomic E-state index is 12.2. The van der Waals surface area contributed by atoms with Crippen LogP contribution in [0.15, 0.2) is 18.3 Å². The molecule has 12 nitrogen and oxygen atoms in total. The molecule has 1 aliphatic rings. The van der Waals surface area contributed by atoms with Crippen LogP contribution in [-0.4, -0.2) is 80.2 Å². The van der Waals surface area contributed by atoms with Crippen molar-refractivity contribution >= 4 is 17.7 Å². The molecule has 1 aromatic heterocycles. The minimum Gasteiger partial charge on any atom is -0.463 e. The summed E-state index contributed by atoms with van der Waals surface area (Å²) in [6.45, 7) is 6.15. The van der Waals surface area contributed by atoms with E-state index in [1.807, 2.05) is 0 Å². The SMILES string of the molecule is CCC(C)(O)c1cn(CC(O)(CO[C@@H]2C=C[C@H](OC(C)=O)[C@@H](COC(C)=O)O2)C(C)=O)nn1. The van der Waals surface area contributed by atoms with Gasteiger partial charge >= 0.3 is 11.9 Å². The summed E-state index contributed by atoms with van der Waals surface area (Å²) in [5.41, 5.74) is -2.85. The molecule has 0 fully saturated rings. The number of aromatic nitrogens is 3. The van der Waals surface area contributed by atoms with Crippen LogP contribution >= 0.6 is 0 Å². The van der Waals surface area contributed by atoms with Gasteiger partial charge in [0.05, 0.1) is 19.3 Å². The molecule has 184 valence electrons. The number of ketones is 1. The molecule has 0 saturated heterocycles. The summed E-state index contributed by atoms with van der Waals surface area (Å²) in [4.78, 5) is 34.7. The number of hydrogen-bond donors (Lipinski definition) is 2. The van der Waals surface area contributed by atoms with Gasteiger partial charge in [0, 0.05) is 13.8 Å². The second kappa shape index (κ2) is 11.0.